The van der Waals surface area contributed by atoms with E-state index in [-0.39, 0.29) is 11.7 Å². The molecule has 0 aromatic heterocycles. The molecule has 1 atom stereocenters. The van der Waals surface area contributed by atoms with Crippen molar-refractivity contribution in [1.29, 1.82) is 0 Å². The van der Waals surface area contributed by atoms with Crippen LogP contribution in [0.4, 0.5) is 4.39 Å². The molecule has 0 aliphatic carbocycles. The van der Waals surface area contributed by atoms with Crippen molar-refractivity contribution in [3.8, 4) is 0 Å². The first kappa shape index (κ1) is 15.4. The van der Waals surface area contributed by atoms with Crippen LogP contribution in [0.5, 0.6) is 0 Å². The second-order valence-corrected chi connectivity index (χ2v) is 6.31. The summed E-state index contributed by atoms with van der Waals surface area (Å²) in [7, 11) is 0. The third-order valence-electron chi connectivity index (χ3n) is 4.81. The summed E-state index contributed by atoms with van der Waals surface area (Å²) < 4.78 is 18.7. The Hall–Kier alpha value is -1.46. The Kier molecular flexibility index (Phi) is 4.45. The molecule has 22 heavy (non-hydrogen) atoms. The number of nitrogens with zero attached hydrogens (tertiary/aromatic N) is 1. The van der Waals surface area contributed by atoms with Gasteiger partial charge < -0.3 is 15.0 Å². The number of halogens is 1. The molecule has 2 saturated heterocycles. The van der Waals surface area contributed by atoms with Gasteiger partial charge in [0.25, 0.3) is 0 Å². The highest BCUT2D eigenvalue weighted by molar-refractivity contribution is 5.88. The van der Waals surface area contributed by atoms with Gasteiger partial charge in [-0.05, 0) is 37.5 Å². The Bertz CT molecular complexity index is 526. The topological polar surface area (TPSA) is 41.6 Å². The zero-order chi connectivity index (χ0) is 15.6. The third kappa shape index (κ3) is 2.88. The summed E-state index contributed by atoms with van der Waals surface area (Å²) in [5.74, 6) is -0.107. The first-order chi connectivity index (χ1) is 10.6. The molecule has 0 radical (unpaired) electrons. The van der Waals surface area contributed by atoms with Crippen LogP contribution in [-0.4, -0.2) is 49.7 Å². The Morgan fingerprint density at radius 3 is 2.64 bits per heavy atom. The second-order valence-electron chi connectivity index (χ2n) is 6.31. The highest BCUT2D eigenvalue weighted by Gasteiger charge is 2.44. The minimum absolute atomic E-state index is 0.163. The summed E-state index contributed by atoms with van der Waals surface area (Å²) in [6, 6.07) is 6.71. The Morgan fingerprint density at radius 1 is 1.32 bits per heavy atom. The van der Waals surface area contributed by atoms with Crippen molar-refractivity contribution in [2.75, 3.05) is 32.8 Å². The SMILES string of the molecule is CC1CN(C(=O)C2(c3ccc(F)cc3)CCOCC2)CCN1. The molecule has 120 valence electrons. The van der Waals surface area contributed by atoms with E-state index >= 15 is 0 Å². The summed E-state index contributed by atoms with van der Waals surface area (Å²) in [5, 5.41) is 3.36. The van der Waals surface area contributed by atoms with Crippen LogP contribution in [-0.2, 0) is 14.9 Å². The standard InChI is InChI=1S/C17H23FN2O2/c1-13-12-20(9-8-19-13)16(21)17(6-10-22-11-7-17)14-2-4-15(18)5-3-14/h2-5,13,19H,6-12H2,1H3. The van der Waals surface area contributed by atoms with Gasteiger partial charge in [-0.25, -0.2) is 4.39 Å². The van der Waals surface area contributed by atoms with Crippen molar-refractivity contribution in [2.45, 2.75) is 31.2 Å². The van der Waals surface area contributed by atoms with E-state index in [9.17, 15) is 9.18 Å². The number of ether oxygens (including phenoxy) is 1. The Morgan fingerprint density at radius 2 is 2.00 bits per heavy atom. The van der Waals surface area contributed by atoms with E-state index in [1.807, 2.05) is 4.90 Å². The van der Waals surface area contributed by atoms with Crippen molar-refractivity contribution in [1.82, 2.24) is 10.2 Å². The van der Waals surface area contributed by atoms with Crippen LogP contribution < -0.4 is 5.32 Å². The van der Waals surface area contributed by atoms with Crippen molar-refractivity contribution in [2.24, 2.45) is 0 Å². The van der Waals surface area contributed by atoms with Crippen LogP contribution in [0.2, 0.25) is 0 Å². The van der Waals surface area contributed by atoms with Crippen LogP contribution in [0.3, 0.4) is 0 Å². The molecule has 1 aromatic rings. The molecule has 4 nitrogen and oxygen atoms in total. The maximum Gasteiger partial charge on any atom is 0.233 e. The number of piperazine rings is 1. The maximum atomic E-state index is 13.3. The monoisotopic (exact) mass is 306 g/mol. The van der Waals surface area contributed by atoms with Crippen molar-refractivity contribution < 1.29 is 13.9 Å². The van der Waals surface area contributed by atoms with Crippen LogP contribution in [0.25, 0.3) is 0 Å². The molecule has 1 unspecified atom stereocenters. The molecular weight excluding hydrogens is 283 g/mol. The van der Waals surface area contributed by atoms with Gasteiger partial charge in [-0.3, -0.25) is 4.79 Å². The highest BCUT2D eigenvalue weighted by Crippen LogP contribution is 2.37. The first-order valence-electron chi connectivity index (χ1n) is 7.98. The predicted molar refractivity (Wildman–Crippen MR) is 82.2 cm³/mol. The zero-order valence-corrected chi connectivity index (χ0v) is 13.0. The number of hydrogen-bond donors (Lipinski definition) is 1. The van der Waals surface area contributed by atoms with E-state index in [0.29, 0.717) is 32.1 Å². The van der Waals surface area contributed by atoms with Gasteiger partial charge in [0.15, 0.2) is 0 Å². The normalized spacial score (nSPS) is 25.0. The quantitative estimate of drug-likeness (QED) is 0.904. The molecule has 2 aliphatic rings. The van der Waals surface area contributed by atoms with Gasteiger partial charge in [-0.15, -0.1) is 0 Å². The molecule has 0 bridgehead atoms. The van der Waals surface area contributed by atoms with Crippen LogP contribution in [0.15, 0.2) is 24.3 Å². The number of nitrogens with one attached hydrogen (secondary N) is 1. The van der Waals surface area contributed by atoms with Crippen molar-refractivity contribution >= 4 is 5.91 Å². The summed E-state index contributed by atoms with van der Waals surface area (Å²) in [6.07, 6.45) is 1.32. The number of benzene rings is 1. The summed E-state index contributed by atoms with van der Waals surface area (Å²) in [5.41, 5.74) is 0.344. The van der Waals surface area contributed by atoms with Gasteiger partial charge in [-0.2, -0.15) is 0 Å². The van der Waals surface area contributed by atoms with Gasteiger partial charge in [-0.1, -0.05) is 12.1 Å². The van der Waals surface area contributed by atoms with E-state index in [4.69, 9.17) is 4.74 Å². The number of amides is 1. The van der Waals surface area contributed by atoms with E-state index in [0.717, 1.165) is 25.2 Å². The lowest BCUT2D eigenvalue weighted by Crippen LogP contribution is -2.57. The van der Waals surface area contributed by atoms with Crippen molar-refractivity contribution in [3.63, 3.8) is 0 Å². The van der Waals surface area contributed by atoms with Crippen LogP contribution in [0, 0.1) is 5.82 Å². The molecule has 1 amide bonds. The lowest BCUT2D eigenvalue weighted by atomic mass is 9.73. The van der Waals surface area contributed by atoms with E-state index in [1.54, 1.807) is 12.1 Å². The molecule has 1 N–H and O–H groups in total. The summed E-state index contributed by atoms with van der Waals surface area (Å²) in [6.45, 7) is 5.52. The molecule has 1 aromatic carbocycles. The van der Waals surface area contributed by atoms with E-state index in [1.165, 1.54) is 12.1 Å². The predicted octanol–water partition coefficient (Wildman–Crippen LogP) is 1.69. The molecule has 2 heterocycles. The molecule has 5 heteroatoms. The number of carbonyl (C=O) groups is 1. The van der Waals surface area contributed by atoms with Gasteiger partial charge >= 0.3 is 0 Å². The Labute approximate surface area is 130 Å². The smallest absolute Gasteiger partial charge is 0.233 e. The zero-order valence-electron chi connectivity index (χ0n) is 13.0. The fourth-order valence-corrected chi connectivity index (χ4v) is 3.53. The third-order valence-corrected chi connectivity index (χ3v) is 4.81. The molecular formula is C17H23FN2O2. The largest absolute Gasteiger partial charge is 0.381 e. The molecule has 3 rings (SSSR count). The van der Waals surface area contributed by atoms with Crippen LogP contribution >= 0.6 is 0 Å². The minimum Gasteiger partial charge on any atom is -0.381 e. The van der Waals surface area contributed by atoms with E-state index in [2.05, 4.69) is 12.2 Å². The number of rotatable bonds is 2. The van der Waals surface area contributed by atoms with Gasteiger partial charge in [0.05, 0.1) is 5.41 Å². The lowest BCUT2D eigenvalue weighted by molar-refractivity contribution is -0.142. The fraction of sp³-hybridized carbons (Fsp3) is 0.588. The van der Waals surface area contributed by atoms with Crippen molar-refractivity contribution in [3.05, 3.63) is 35.6 Å². The molecule has 0 spiro atoms. The minimum atomic E-state index is -0.566. The summed E-state index contributed by atoms with van der Waals surface area (Å²) in [4.78, 5) is 15.2. The van der Waals surface area contributed by atoms with Gasteiger partial charge in [0, 0.05) is 38.9 Å². The number of carbonyl (C=O) groups excluding carboxylic acids is 1. The van der Waals surface area contributed by atoms with Gasteiger partial charge in [0.1, 0.15) is 5.82 Å². The first-order valence-corrected chi connectivity index (χ1v) is 7.98. The molecule has 2 aliphatic heterocycles. The second kappa shape index (κ2) is 6.34. The Balaban J connectivity index is 1.91. The highest BCUT2D eigenvalue weighted by atomic mass is 19.1. The molecule has 2 fully saturated rings. The maximum absolute atomic E-state index is 13.3. The molecule has 0 saturated carbocycles. The summed E-state index contributed by atoms with van der Waals surface area (Å²) >= 11 is 0. The fourth-order valence-electron chi connectivity index (χ4n) is 3.53. The average Bonchev–Trinajstić information content (AvgIpc) is 2.55. The lowest BCUT2D eigenvalue weighted by Gasteiger charge is -2.42. The average molecular weight is 306 g/mol. The number of hydrogen-bond acceptors (Lipinski definition) is 3. The van der Waals surface area contributed by atoms with Crippen LogP contribution in [0.1, 0.15) is 25.3 Å². The van der Waals surface area contributed by atoms with E-state index < -0.39 is 5.41 Å². The van der Waals surface area contributed by atoms with Gasteiger partial charge in [0.2, 0.25) is 5.91 Å².